The first-order valence-corrected chi connectivity index (χ1v) is 9.61. The molecule has 1 aliphatic rings. The molecule has 0 saturated heterocycles. The van der Waals surface area contributed by atoms with E-state index < -0.39 is 0 Å². The van der Waals surface area contributed by atoms with E-state index in [-0.39, 0.29) is 0 Å². The van der Waals surface area contributed by atoms with Crippen LogP contribution >= 0.6 is 12.6 Å². The van der Waals surface area contributed by atoms with Crippen molar-refractivity contribution in [3.63, 3.8) is 0 Å². The molecule has 0 spiro atoms. The van der Waals surface area contributed by atoms with Gasteiger partial charge in [-0.1, -0.05) is 62.6 Å². The smallest absolute Gasteiger partial charge is 0.00432 e. The van der Waals surface area contributed by atoms with E-state index in [1.54, 1.807) is 0 Å². The van der Waals surface area contributed by atoms with E-state index in [0.29, 0.717) is 5.92 Å². The van der Waals surface area contributed by atoms with Crippen LogP contribution < -0.4 is 0 Å². The Morgan fingerprint density at radius 2 is 1.70 bits per heavy atom. The Morgan fingerprint density at radius 3 is 2.39 bits per heavy atom. The number of benzene rings is 2. The number of thiol groups is 1. The SMILES string of the molecule is CCCCC1CCC(c2cc(S)ccc2-c2ccccc2)CC1. The van der Waals surface area contributed by atoms with Gasteiger partial charge in [-0.15, -0.1) is 12.6 Å². The summed E-state index contributed by atoms with van der Waals surface area (Å²) in [5, 5.41) is 0. The fraction of sp³-hybridized carbons (Fsp3) is 0.455. The van der Waals surface area contributed by atoms with Crippen LogP contribution in [0, 0.1) is 5.92 Å². The minimum atomic E-state index is 0.704. The van der Waals surface area contributed by atoms with E-state index in [9.17, 15) is 0 Å². The Morgan fingerprint density at radius 1 is 0.957 bits per heavy atom. The summed E-state index contributed by atoms with van der Waals surface area (Å²) >= 11 is 4.60. The summed E-state index contributed by atoms with van der Waals surface area (Å²) < 4.78 is 0. The predicted octanol–water partition coefficient (Wildman–Crippen LogP) is 7.11. The fourth-order valence-electron chi connectivity index (χ4n) is 4.02. The predicted molar refractivity (Wildman–Crippen MR) is 103 cm³/mol. The summed E-state index contributed by atoms with van der Waals surface area (Å²) in [6.45, 7) is 2.30. The molecule has 23 heavy (non-hydrogen) atoms. The molecule has 0 aliphatic heterocycles. The third-order valence-corrected chi connectivity index (χ3v) is 5.65. The third kappa shape index (κ3) is 4.20. The van der Waals surface area contributed by atoms with E-state index in [0.717, 1.165) is 10.8 Å². The van der Waals surface area contributed by atoms with Crippen molar-refractivity contribution < 1.29 is 0 Å². The molecule has 0 bridgehead atoms. The van der Waals surface area contributed by atoms with Crippen LogP contribution in [0.1, 0.15) is 63.4 Å². The molecule has 0 heterocycles. The molecular weight excluding hydrogens is 296 g/mol. The molecular formula is C22H28S. The van der Waals surface area contributed by atoms with Crippen molar-refractivity contribution in [1.82, 2.24) is 0 Å². The highest BCUT2D eigenvalue weighted by molar-refractivity contribution is 7.80. The molecule has 3 rings (SSSR count). The second kappa shape index (κ2) is 8.06. The highest BCUT2D eigenvalue weighted by Crippen LogP contribution is 2.41. The van der Waals surface area contributed by atoms with Crippen LogP contribution in [0.15, 0.2) is 53.4 Å². The Balaban J connectivity index is 1.79. The lowest BCUT2D eigenvalue weighted by Crippen LogP contribution is -2.14. The monoisotopic (exact) mass is 324 g/mol. The van der Waals surface area contributed by atoms with Crippen molar-refractivity contribution in [1.29, 1.82) is 0 Å². The van der Waals surface area contributed by atoms with Crippen molar-refractivity contribution in [2.45, 2.75) is 62.7 Å². The van der Waals surface area contributed by atoms with Gasteiger partial charge in [0.25, 0.3) is 0 Å². The van der Waals surface area contributed by atoms with Crippen LogP contribution in [0.5, 0.6) is 0 Å². The topological polar surface area (TPSA) is 0 Å². The maximum absolute atomic E-state index is 4.60. The molecule has 1 fully saturated rings. The van der Waals surface area contributed by atoms with Crippen molar-refractivity contribution in [3.8, 4) is 11.1 Å². The lowest BCUT2D eigenvalue weighted by molar-refractivity contribution is 0.304. The summed E-state index contributed by atoms with van der Waals surface area (Å²) in [5.74, 6) is 1.67. The number of unbranched alkanes of at least 4 members (excludes halogenated alkanes) is 1. The van der Waals surface area contributed by atoms with Crippen molar-refractivity contribution in [2.24, 2.45) is 5.92 Å². The quantitative estimate of drug-likeness (QED) is 0.557. The minimum absolute atomic E-state index is 0.704. The second-order valence-electron chi connectivity index (χ2n) is 7.00. The molecule has 1 saturated carbocycles. The van der Waals surface area contributed by atoms with Gasteiger partial charge in [0.2, 0.25) is 0 Å². The van der Waals surface area contributed by atoms with Gasteiger partial charge in [-0.2, -0.15) is 0 Å². The molecule has 0 atom stereocenters. The highest BCUT2D eigenvalue weighted by Gasteiger charge is 2.24. The van der Waals surface area contributed by atoms with Crippen LogP contribution in [0.3, 0.4) is 0 Å². The second-order valence-corrected chi connectivity index (χ2v) is 7.51. The van der Waals surface area contributed by atoms with E-state index in [2.05, 4.69) is 68.1 Å². The standard InChI is InChI=1S/C22H28S/c1-2-3-7-17-10-12-19(13-11-17)22-16-20(23)14-15-21(22)18-8-5-4-6-9-18/h4-6,8-9,14-17,19,23H,2-3,7,10-13H2,1H3. The summed E-state index contributed by atoms with van der Waals surface area (Å²) in [7, 11) is 0. The van der Waals surface area contributed by atoms with Gasteiger partial charge in [0.05, 0.1) is 0 Å². The van der Waals surface area contributed by atoms with Crippen LogP contribution in [0.4, 0.5) is 0 Å². The average Bonchev–Trinajstić information content (AvgIpc) is 2.61. The maximum atomic E-state index is 4.60. The molecule has 0 nitrogen and oxygen atoms in total. The maximum Gasteiger partial charge on any atom is 0.00432 e. The van der Waals surface area contributed by atoms with E-state index >= 15 is 0 Å². The Bertz CT molecular complexity index is 609. The average molecular weight is 325 g/mol. The highest BCUT2D eigenvalue weighted by atomic mass is 32.1. The normalized spacial score (nSPS) is 21.3. The molecule has 1 heteroatoms. The summed E-state index contributed by atoms with van der Waals surface area (Å²) in [6, 6.07) is 17.5. The van der Waals surface area contributed by atoms with Crippen molar-refractivity contribution in [3.05, 3.63) is 54.1 Å². The molecule has 0 aromatic heterocycles. The number of hydrogen-bond acceptors (Lipinski definition) is 1. The van der Waals surface area contributed by atoms with Crippen LogP contribution in [0.25, 0.3) is 11.1 Å². The summed E-state index contributed by atoms with van der Waals surface area (Å²) in [5.41, 5.74) is 4.25. The molecule has 0 radical (unpaired) electrons. The zero-order valence-electron chi connectivity index (χ0n) is 14.2. The molecule has 1 aliphatic carbocycles. The van der Waals surface area contributed by atoms with E-state index in [1.807, 2.05) is 0 Å². The van der Waals surface area contributed by atoms with Gasteiger partial charge in [0.1, 0.15) is 0 Å². The first-order valence-electron chi connectivity index (χ1n) is 9.16. The first kappa shape index (κ1) is 16.6. The lowest BCUT2D eigenvalue weighted by Gasteiger charge is -2.30. The van der Waals surface area contributed by atoms with Gasteiger partial charge in [-0.05, 0) is 66.3 Å². The molecule has 0 amide bonds. The van der Waals surface area contributed by atoms with Crippen molar-refractivity contribution in [2.75, 3.05) is 0 Å². The Hall–Kier alpha value is -1.21. The van der Waals surface area contributed by atoms with Gasteiger partial charge in [0, 0.05) is 4.90 Å². The summed E-state index contributed by atoms with van der Waals surface area (Å²) in [4.78, 5) is 1.09. The molecule has 2 aromatic rings. The molecule has 0 unspecified atom stereocenters. The minimum Gasteiger partial charge on any atom is -0.143 e. The first-order chi connectivity index (χ1) is 11.3. The van der Waals surface area contributed by atoms with E-state index in [1.165, 1.54) is 61.6 Å². The largest absolute Gasteiger partial charge is 0.143 e. The van der Waals surface area contributed by atoms with Crippen LogP contribution in [0.2, 0.25) is 0 Å². The van der Waals surface area contributed by atoms with Crippen molar-refractivity contribution >= 4 is 12.6 Å². The van der Waals surface area contributed by atoms with Gasteiger partial charge in [-0.3, -0.25) is 0 Å². The van der Waals surface area contributed by atoms with Crippen LogP contribution in [-0.4, -0.2) is 0 Å². The Kier molecular flexibility index (Phi) is 5.83. The zero-order valence-corrected chi connectivity index (χ0v) is 15.1. The molecule has 0 N–H and O–H groups in total. The van der Waals surface area contributed by atoms with Gasteiger partial charge >= 0.3 is 0 Å². The zero-order chi connectivity index (χ0) is 16.1. The lowest BCUT2D eigenvalue weighted by atomic mass is 9.75. The molecule has 2 aromatic carbocycles. The molecule has 122 valence electrons. The number of hydrogen-bond donors (Lipinski definition) is 1. The third-order valence-electron chi connectivity index (χ3n) is 5.37. The van der Waals surface area contributed by atoms with Gasteiger partial charge in [-0.25, -0.2) is 0 Å². The number of rotatable bonds is 5. The Labute approximate surface area is 146 Å². The van der Waals surface area contributed by atoms with Gasteiger partial charge in [0.15, 0.2) is 0 Å². The van der Waals surface area contributed by atoms with Crippen LogP contribution in [-0.2, 0) is 0 Å². The van der Waals surface area contributed by atoms with E-state index in [4.69, 9.17) is 0 Å². The fourth-order valence-corrected chi connectivity index (χ4v) is 4.24. The summed E-state index contributed by atoms with van der Waals surface area (Å²) in [6.07, 6.45) is 9.64. The van der Waals surface area contributed by atoms with Gasteiger partial charge < -0.3 is 0 Å².